The van der Waals surface area contributed by atoms with Crippen LogP contribution in [-0.2, 0) is 11.2 Å². The van der Waals surface area contributed by atoms with Gasteiger partial charge in [-0.05, 0) is 30.9 Å². The average molecular weight is 442 g/mol. The van der Waals surface area contributed by atoms with Crippen molar-refractivity contribution >= 4 is 22.7 Å². The fourth-order valence-electron chi connectivity index (χ4n) is 4.73. The van der Waals surface area contributed by atoms with E-state index >= 15 is 0 Å². The minimum atomic E-state index is -0.532. The van der Waals surface area contributed by atoms with Gasteiger partial charge >= 0.3 is 0 Å². The van der Waals surface area contributed by atoms with Crippen molar-refractivity contribution < 1.29 is 9.59 Å². The molecular formula is C26H27N5O2. The molecule has 4 aromatic rings. The van der Waals surface area contributed by atoms with E-state index in [-0.39, 0.29) is 11.8 Å². The fourth-order valence-corrected chi connectivity index (χ4v) is 4.73. The Morgan fingerprint density at radius 3 is 2.70 bits per heavy atom. The van der Waals surface area contributed by atoms with E-state index in [1.165, 1.54) is 5.39 Å². The summed E-state index contributed by atoms with van der Waals surface area (Å²) in [6, 6.07) is 17.7. The number of amides is 2. The van der Waals surface area contributed by atoms with Gasteiger partial charge in [-0.15, -0.1) is 0 Å². The van der Waals surface area contributed by atoms with E-state index in [0.29, 0.717) is 30.8 Å². The number of fused-ring (bicyclic) bond motifs is 1. The molecule has 0 bridgehead atoms. The van der Waals surface area contributed by atoms with Gasteiger partial charge < -0.3 is 20.6 Å². The smallest absolute Gasteiger partial charge is 0.267 e. The first kappa shape index (κ1) is 21.0. The van der Waals surface area contributed by atoms with Gasteiger partial charge in [-0.25, -0.2) is 4.98 Å². The second-order valence-electron chi connectivity index (χ2n) is 8.61. The molecule has 1 aliphatic rings. The predicted molar refractivity (Wildman–Crippen MR) is 128 cm³/mol. The molecule has 0 aliphatic carbocycles. The maximum atomic E-state index is 13.0. The van der Waals surface area contributed by atoms with Gasteiger partial charge in [0.2, 0.25) is 5.91 Å². The van der Waals surface area contributed by atoms with Gasteiger partial charge in [0.1, 0.15) is 17.2 Å². The lowest BCUT2D eigenvalue weighted by atomic mass is 9.96. The zero-order chi connectivity index (χ0) is 22.8. The van der Waals surface area contributed by atoms with Crippen LogP contribution in [0.5, 0.6) is 0 Å². The average Bonchev–Trinajstić information content (AvgIpc) is 3.48. The number of nitrogens with zero attached hydrogens (tertiary/aromatic N) is 2. The van der Waals surface area contributed by atoms with E-state index < -0.39 is 5.91 Å². The molecule has 0 saturated carbocycles. The van der Waals surface area contributed by atoms with E-state index in [1.54, 1.807) is 0 Å². The number of hydrogen-bond donors (Lipinski definition) is 3. The highest BCUT2D eigenvalue weighted by molar-refractivity contribution is 5.97. The summed E-state index contributed by atoms with van der Waals surface area (Å²) >= 11 is 0. The lowest BCUT2D eigenvalue weighted by molar-refractivity contribution is -0.132. The number of imidazole rings is 1. The standard InChI is InChI=1S/C26H27N5O2/c27-25(33)24-23(17-7-2-1-3-8-17)29-26(30-24)19-9-6-14-31(16-19)22(32)13-12-18-15-28-21-11-5-4-10-20(18)21/h1-5,7-8,10-11,15,19,28H,6,9,12-14,16H2,(H2,27,33)(H,29,30). The summed E-state index contributed by atoms with van der Waals surface area (Å²) in [4.78, 5) is 38.2. The number of para-hydroxylation sites is 1. The van der Waals surface area contributed by atoms with Crippen molar-refractivity contribution in [2.75, 3.05) is 13.1 Å². The lowest BCUT2D eigenvalue weighted by Crippen LogP contribution is -2.39. The van der Waals surface area contributed by atoms with Gasteiger partial charge in [0, 0.05) is 48.1 Å². The molecular weight excluding hydrogens is 414 g/mol. The molecule has 2 aromatic carbocycles. The van der Waals surface area contributed by atoms with E-state index in [2.05, 4.69) is 16.0 Å². The van der Waals surface area contributed by atoms with Crippen LogP contribution in [0.2, 0.25) is 0 Å². The summed E-state index contributed by atoms with van der Waals surface area (Å²) in [5.41, 5.74) is 9.61. The van der Waals surface area contributed by atoms with Gasteiger partial charge in [0.25, 0.3) is 5.91 Å². The second kappa shape index (κ2) is 8.94. The summed E-state index contributed by atoms with van der Waals surface area (Å²) < 4.78 is 0. The molecule has 2 amide bonds. The fraction of sp³-hybridized carbons (Fsp3) is 0.269. The van der Waals surface area contributed by atoms with Crippen molar-refractivity contribution in [1.82, 2.24) is 19.9 Å². The molecule has 1 unspecified atom stereocenters. The van der Waals surface area contributed by atoms with Crippen LogP contribution in [-0.4, -0.2) is 44.8 Å². The van der Waals surface area contributed by atoms with Crippen LogP contribution in [0, 0.1) is 0 Å². The molecule has 1 atom stereocenters. The molecule has 1 fully saturated rings. The Morgan fingerprint density at radius 2 is 1.88 bits per heavy atom. The molecule has 168 valence electrons. The normalized spacial score (nSPS) is 16.2. The number of rotatable bonds is 6. The molecule has 0 spiro atoms. The number of benzene rings is 2. The number of aryl methyl sites for hydroxylation is 1. The number of piperidine rings is 1. The van der Waals surface area contributed by atoms with E-state index in [0.717, 1.165) is 41.9 Å². The Balaban J connectivity index is 1.29. The summed E-state index contributed by atoms with van der Waals surface area (Å²) in [6.07, 6.45) is 4.97. The number of nitrogens with two attached hydrogens (primary N) is 1. The van der Waals surface area contributed by atoms with Crippen molar-refractivity contribution in [3.63, 3.8) is 0 Å². The molecule has 7 heteroatoms. The van der Waals surface area contributed by atoms with Crippen LogP contribution < -0.4 is 5.73 Å². The van der Waals surface area contributed by atoms with Crippen LogP contribution in [0.25, 0.3) is 22.2 Å². The van der Waals surface area contributed by atoms with Crippen LogP contribution >= 0.6 is 0 Å². The Kier molecular flexibility index (Phi) is 5.69. The highest BCUT2D eigenvalue weighted by atomic mass is 16.2. The number of likely N-dealkylation sites (tertiary alicyclic amines) is 1. The van der Waals surface area contributed by atoms with Crippen LogP contribution in [0.3, 0.4) is 0 Å². The number of aromatic amines is 2. The maximum Gasteiger partial charge on any atom is 0.267 e. The zero-order valence-electron chi connectivity index (χ0n) is 18.4. The molecule has 1 aliphatic heterocycles. The molecule has 7 nitrogen and oxygen atoms in total. The van der Waals surface area contributed by atoms with Crippen molar-refractivity contribution in [2.45, 2.75) is 31.6 Å². The van der Waals surface area contributed by atoms with Crippen LogP contribution in [0.15, 0.2) is 60.8 Å². The zero-order valence-corrected chi connectivity index (χ0v) is 18.4. The van der Waals surface area contributed by atoms with E-state index in [4.69, 9.17) is 10.7 Å². The van der Waals surface area contributed by atoms with E-state index in [1.807, 2.05) is 59.6 Å². The first-order valence-corrected chi connectivity index (χ1v) is 11.4. The van der Waals surface area contributed by atoms with Gasteiger partial charge in [0.05, 0.1) is 0 Å². The quantitative estimate of drug-likeness (QED) is 0.421. The Labute approximate surface area is 192 Å². The van der Waals surface area contributed by atoms with Gasteiger partial charge in [-0.1, -0.05) is 48.5 Å². The van der Waals surface area contributed by atoms with Crippen molar-refractivity contribution in [1.29, 1.82) is 0 Å². The van der Waals surface area contributed by atoms with Gasteiger partial charge in [0.15, 0.2) is 0 Å². The second-order valence-corrected chi connectivity index (χ2v) is 8.61. The number of nitrogens with one attached hydrogen (secondary N) is 2. The van der Waals surface area contributed by atoms with Gasteiger partial charge in [-0.3, -0.25) is 9.59 Å². The first-order valence-electron chi connectivity index (χ1n) is 11.4. The predicted octanol–water partition coefficient (Wildman–Crippen LogP) is 4.00. The van der Waals surface area contributed by atoms with Crippen molar-refractivity contribution in [3.8, 4) is 11.3 Å². The molecule has 2 aromatic heterocycles. The maximum absolute atomic E-state index is 13.0. The third kappa shape index (κ3) is 4.26. The monoisotopic (exact) mass is 441 g/mol. The topological polar surface area (TPSA) is 108 Å². The number of carbonyl (C=O) groups excluding carboxylic acids is 2. The number of H-pyrrole nitrogens is 2. The highest BCUT2D eigenvalue weighted by Gasteiger charge is 2.28. The largest absolute Gasteiger partial charge is 0.364 e. The summed E-state index contributed by atoms with van der Waals surface area (Å²) in [5, 5.41) is 1.17. The van der Waals surface area contributed by atoms with Crippen molar-refractivity contribution in [3.05, 3.63) is 77.9 Å². The Bertz CT molecular complexity index is 1290. The minimum Gasteiger partial charge on any atom is -0.364 e. The number of hydrogen-bond acceptors (Lipinski definition) is 3. The molecule has 33 heavy (non-hydrogen) atoms. The number of primary amides is 1. The summed E-state index contributed by atoms with van der Waals surface area (Å²) in [6.45, 7) is 1.34. The van der Waals surface area contributed by atoms with Crippen LogP contribution in [0.4, 0.5) is 0 Å². The lowest BCUT2D eigenvalue weighted by Gasteiger charge is -2.32. The molecule has 1 saturated heterocycles. The third-order valence-electron chi connectivity index (χ3n) is 6.46. The molecule has 0 radical (unpaired) electrons. The highest BCUT2D eigenvalue weighted by Crippen LogP contribution is 2.30. The number of carbonyl (C=O) groups is 2. The van der Waals surface area contributed by atoms with E-state index in [9.17, 15) is 9.59 Å². The Hall–Kier alpha value is -3.87. The Morgan fingerprint density at radius 1 is 1.09 bits per heavy atom. The first-order chi connectivity index (χ1) is 16.1. The summed E-state index contributed by atoms with van der Waals surface area (Å²) in [7, 11) is 0. The molecule has 4 N–H and O–H groups in total. The third-order valence-corrected chi connectivity index (χ3v) is 6.46. The molecule has 3 heterocycles. The summed E-state index contributed by atoms with van der Waals surface area (Å²) in [5.74, 6) is 0.383. The van der Waals surface area contributed by atoms with Gasteiger partial charge in [-0.2, -0.15) is 0 Å². The number of aromatic nitrogens is 3. The van der Waals surface area contributed by atoms with Crippen molar-refractivity contribution in [2.24, 2.45) is 5.73 Å². The molecule has 5 rings (SSSR count). The van der Waals surface area contributed by atoms with Crippen LogP contribution in [0.1, 0.15) is 47.1 Å². The minimum absolute atomic E-state index is 0.0475. The SMILES string of the molecule is NC(=O)c1[nH]c(C2CCCN(C(=O)CCc3c[nH]c4ccccc34)C2)nc1-c1ccccc1.